The lowest BCUT2D eigenvalue weighted by Crippen LogP contribution is -2.47. The molecule has 4 nitrogen and oxygen atoms in total. The van der Waals surface area contributed by atoms with Crippen LogP contribution >= 0.6 is 0 Å². The number of nitrogens with one attached hydrogen (secondary N) is 2. The Hall–Kier alpha value is -1.55. The van der Waals surface area contributed by atoms with Crippen molar-refractivity contribution in [3.63, 3.8) is 0 Å². The zero-order valence-corrected chi connectivity index (χ0v) is 9.32. The van der Waals surface area contributed by atoms with Crippen LogP contribution in [-0.2, 0) is 4.79 Å². The van der Waals surface area contributed by atoms with Crippen LogP contribution < -0.4 is 15.4 Å². The van der Waals surface area contributed by atoms with Crippen LogP contribution in [0.3, 0.4) is 0 Å². The molecule has 2 rings (SSSR count). The summed E-state index contributed by atoms with van der Waals surface area (Å²) in [4.78, 5) is 11.6. The van der Waals surface area contributed by atoms with Crippen molar-refractivity contribution in [2.24, 2.45) is 0 Å². The molecule has 2 N–H and O–H groups in total. The van der Waals surface area contributed by atoms with E-state index >= 15 is 0 Å². The number of hydrogen-bond donors (Lipinski definition) is 2. The molecule has 0 bridgehead atoms. The van der Waals surface area contributed by atoms with Crippen LogP contribution in [0.15, 0.2) is 24.3 Å². The number of benzene rings is 1. The molecule has 86 valence electrons. The molecule has 1 saturated heterocycles. The highest BCUT2D eigenvalue weighted by Crippen LogP contribution is 2.20. The van der Waals surface area contributed by atoms with Crippen molar-refractivity contribution in [3.8, 4) is 5.75 Å². The molecular formula is C12H16N2O2. The lowest BCUT2D eigenvalue weighted by Gasteiger charge is -2.24. The summed E-state index contributed by atoms with van der Waals surface area (Å²) in [6.45, 7) is 4.07. The van der Waals surface area contributed by atoms with Gasteiger partial charge in [-0.1, -0.05) is 12.1 Å². The minimum absolute atomic E-state index is 0.0277. The Balaban J connectivity index is 2.18. The molecular weight excluding hydrogens is 204 g/mol. The van der Waals surface area contributed by atoms with E-state index in [0.717, 1.165) is 17.9 Å². The van der Waals surface area contributed by atoms with Crippen LogP contribution in [0.5, 0.6) is 5.75 Å². The van der Waals surface area contributed by atoms with Crippen molar-refractivity contribution < 1.29 is 9.53 Å². The van der Waals surface area contributed by atoms with Gasteiger partial charge in [-0.25, -0.2) is 0 Å². The Morgan fingerprint density at radius 3 is 3.06 bits per heavy atom. The fourth-order valence-corrected chi connectivity index (χ4v) is 1.82. The number of ether oxygens (including phenoxy) is 1. The van der Waals surface area contributed by atoms with E-state index in [9.17, 15) is 4.79 Å². The fourth-order valence-electron chi connectivity index (χ4n) is 1.82. The van der Waals surface area contributed by atoms with E-state index < -0.39 is 0 Å². The van der Waals surface area contributed by atoms with Gasteiger partial charge in [0.25, 0.3) is 0 Å². The largest absolute Gasteiger partial charge is 0.494 e. The predicted molar refractivity (Wildman–Crippen MR) is 61.4 cm³/mol. The number of piperazine rings is 1. The van der Waals surface area contributed by atoms with Crippen molar-refractivity contribution in [2.45, 2.75) is 13.0 Å². The molecule has 1 aromatic rings. The maximum absolute atomic E-state index is 11.6. The monoisotopic (exact) mass is 220 g/mol. The lowest BCUT2D eigenvalue weighted by atomic mass is 10.0. The lowest BCUT2D eigenvalue weighted by molar-refractivity contribution is -0.124. The highest BCUT2D eigenvalue weighted by atomic mass is 16.5. The van der Waals surface area contributed by atoms with E-state index in [1.165, 1.54) is 0 Å². The third-order valence-corrected chi connectivity index (χ3v) is 2.54. The Labute approximate surface area is 95.0 Å². The highest BCUT2D eigenvalue weighted by Gasteiger charge is 2.23. The topological polar surface area (TPSA) is 50.4 Å². The molecule has 1 aliphatic heterocycles. The number of hydrogen-bond acceptors (Lipinski definition) is 3. The molecule has 1 aliphatic rings. The second-order valence-electron chi connectivity index (χ2n) is 3.68. The van der Waals surface area contributed by atoms with Crippen LogP contribution in [-0.4, -0.2) is 25.6 Å². The first-order valence-electron chi connectivity index (χ1n) is 5.55. The summed E-state index contributed by atoms with van der Waals surface area (Å²) in [6.07, 6.45) is 0. The normalized spacial score (nSPS) is 20.3. The molecule has 0 saturated carbocycles. The number of amides is 1. The first kappa shape index (κ1) is 11.0. The summed E-state index contributed by atoms with van der Waals surface area (Å²) in [6, 6.07) is 7.39. The molecule has 1 heterocycles. The number of rotatable bonds is 3. The van der Waals surface area contributed by atoms with E-state index in [4.69, 9.17) is 4.74 Å². The highest BCUT2D eigenvalue weighted by molar-refractivity contribution is 5.84. The first-order valence-corrected chi connectivity index (χ1v) is 5.55. The van der Waals surface area contributed by atoms with Gasteiger partial charge in [0.15, 0.2) is 0 Å². The fraction of sp³-hybridized carbons (Fsp3) is 0.417. The van der Waals surface area contributed by atoms with E-state index in [1.54, 1.807) is 0 Å². The van der Waals surface area contributed by atoms with Crippen molar-refractivity contribution in [1.29, 1.82) is 0 Å². The summed E-state index contributed by atoms with van der Waals surface area (Å²) >= 11 is 0. The zero-order valence-electron chi connectivity index (χ0n) is 9.32. The van der Waals surface area contributed by atoms with Gasteiger partial charge >= 0.3 is 0 Å². The van der Waals surface area contributed by atoms with Crippen molar-refractivity contribution in [1.82, 2.24) is 10.6 Å². The van der Waals surface area contributed by atoms with Gasteiger partial charge in [0.05, 0.1) is 6.61 Å². The summed E-state index contributed by atoms with van der Waals surface area (Å²) < 4.78 is 5.41. The van der Waals surface area contributed by atoms with E-state index in [0.29, 0.717) is 13.2 Å². The maximum atomic E-state index is 11.6. The summed E-state index contributed by atoms with van der Waals surface area (Å²) in [5, 5.41) is 6.03. The van der Waals surface area contributed by atoms with Gasteiger partial charge in [-0.3, -0.25) is 4.79 Å². The van der Waals surface area contributed by atoms with Gasteiger partial charge < -0.3 is 15.4 Å². The van der Waals surface area contributed by atoms with Gasteiger partial charge in [-0.2, -0.15) is 0 Å². The van der Waals surface area contributed by atoms with Crippen LogP contribution in [0.1, 0.15) is 18.5 Å². The zero-order chi connectivity index (χ0) is 11.4. The Kier molecular flexibility index (Phi) is 3.41. The van der Waals surface area contributed by atoms with Gasteiger partial charge in [-0.15, -0.1) is 0 Å². The quantitative estimate of drug-likeness (QED) is 0.794. The summed E-state index contributed by atoms with van der Waals surface area (Å²) in [5.41, 5.74) is 0.947. The predicted octanol–water partition coefficient (Wildman–Crippen LogP) is 0.846. The SMILES string of the molecule is CCOc1cccc(C2NCCNC2=O)c1. The Morgan fingerprint density at radius 1 is 1.44 bits per heavy atom. The van der Waals surface area contributed by atoms with Crippen LogP contribution in [0.2, 0.25) is 0 Å². The Bertz CT molecular complexity index is 379. The van der Waals surface area contributed by atoms with Gasteiger partial charge in [0.1, 0.15) is 11.8 Å². The van der Waals surface area contributed by atoms with Crippen LogP contribution in [0, 0.1) is 0 Å². The molecule has 1 unspecified atom stereocenters. The van der Waals surface area contributed by atoms with Crippen molar-refractivity contribution >= 4 is 5.91 Å². The van der Waals surface area contributed by atoms with Crippen LogP contribution in [0.25, 0.3) is 0 Å². The molecule has 4 heteroatoms. The Morgan fingerprint density at radius 2 is 2.31 bits per heavy atom. The van der Waals surface area contributed by atoms with E-state index in [-0.39, 0.29) is 11.9 Å². The molecule has 1 atom stereocenters. The average Bonchev–Trinajstić information content (AvgIpc) is 2.30. The summed E-state index contributed by atoms with van der Waals surface area (Å²) in [5.74, 6) is 0.833. The van der Waals surface area contributed by atoms with Gasteiger partial charge in [0, 0.05) is 13.1 Å². The first-order chi connectivity index (χ1) is 7.81. The van der Waals surface area contributed by atoms with Gasteiger partial charge in [0.2, 0.25) is 5.91 Å². The standard InChI is InChI=1S/C12H16N2O2/c1-2-16-10-5-3-4-9(8-10)11-12(15)14-7-6-13-11/h3-5,8,11,13H,2,6-7H2,1H3,(H,14,15). The minimum Gasteiger partial charge on any atom is -0.494 e. The van der Waals surface area contributed by atoms with Crippen molar-refractivity contribution in [3.05, 3.63) is 29.8 Å². The molecule has 0 spiro atoms. The molecule has 0 radical (unpaired) electrons. The third-order valence-electron chi connectivity index (χ3n) is 2.54. The minimum atomic E-state index is -0.255. The summed E-state index contributed by atoms with van der Waals surface area (Å²) in [7, 11) is 0. The third kappa shape index (κ3) is 2.33. The number of carbonyl (C=O) groups is 1. The van der Waals surface area contributed by atoms with Crippen LogP contribution in [0.4, 0.5) is 0 Å². The maximum Gasteiger partial charge on any atom is 0.241 e. The smallest absolute Gasteiger partial charge is 0.241 e. The second-order valence-corrected chi connectivity index (χ2v) is 3.68. The average molecular weight is 220 g/mol. The van der Waals surface area contributed by atoms with E-state index in [1.807, 2.05) is 31.2 Å². The molecule has 1 fully saturated rings. The van der Waals surface area contributed by atoms with Gasteiger partial charge in [-0.05, 0) is 24.6 Å². The molecule has 1 amide bonds. The molecule has 1 aromatic carbocycles. The van der Waals surface area contributed by atoms with E-state index in [2.05, 4.69) is 10.6 Å². The molecule has 0 aliphatic carbocycles. The van der Waals surface area contributed by atoms with Crippen molar-refractivity contribution in [2.75, 3.05) is 19.7 Å². The molecule has 16 heavy (non-hydrogen) atoms. The second kappa shape index (κ2) is 4.99. The number of carbonyl (C=O) groups excluding carboxylic acids is 1. The molecule has 0 aromatic heterocycles.